The molecule has 1 aliphatic carbocycles. The van der Waals surface area contributed by atoms with E-state index in [1.165, 1.54) is 43.0 Å². The summed E-state index contributed by atoms with van der Waals surface area (Å²) >= 11 is 1.49. The second-order valence-electron chi connectivity index (χ2n) is 7.13. The van der Waals surface area contributed by atoms with Crippen LogP contribution in [0.1, 0.15) is 42.9 Å². The molecule has 0 aliphatic heterocycles. The molecule has 1 fully saturated rings. The molecule has 4 N–H and O–H groups in total. The summed E-state index contributed by atoms with van der Waals surface area (Å²) in [6, 6.07) is 8.00. The largest absolute Gasteiger partial charge is 0.368 e. The first-order chi connectivity index (χ1) is 13.6. The number of nitrogen functional groups attached to an aromatic ring is 1. The van der Waals surface area contributed by atoms with Crippen LogP contribution in [0.2, 0.25) is 0 Å². The summed E-state index contributed by atoms with van der Waals surface area (Å²) in [5.74, 6) is 3.45. The van der Waals surface area contributed by atoms with Crippen LogP contribution >= 0.6 is 11.8 Å². The lowest BCUT2D eigenvalue weighted by Gasteiger charge is -2.07. The number of nitrogens with one attached hydrogen (secondary N) is 2. The molecule has 0 spiro atoms. The van der Waals surface area contributed by atoms with E-state index in [0.717, 1.165) is 23.9 Å². The number of aromatic nitrogens is 6. The van der Waals surface area contributed by atoms with Crippen LogP contribution in [-0.4, -0.2) is 30.1 Å². The summed E-state index contributed by atoms with van der Waals surface area (Å²) in [5, 5.41) is 11.2. The SMILES string of the molecule is Cc1ccc(Nc2nc(N)nc(CSc3n[nH]c(CC4CCCC4)n3)n2)cc1. The molecule has 9 heteroatoms. The van der Waals surface area contributed by atoms with E-state index in [0.29, 0.717) is 22.7 Å². The maximum atomic E-state index is 5.85. The molecule has 4 rings (SSSR count). The van der Waals surface area contributed by atoms with Crippen LogP contribution in [-0.2, 0) is 12.2 Å². The minimum atomic E-state index is 0.192. The van der Waals surface area contributed by atoms with Crippen LogP contribution in [0.15, 0.2) is 29.4 Å². The van der Waals surface area contributed by atoms with Gasteiger partial charge in [0, 0.05) is 12.1 Å². The minimum Gasteiger partial charge on any atom is -0.368 e. The molecule has 1 aliphatic rings. The van der Waals surface area contributed by atoms with E-state index in [-0.39, 0.29) is 5.95 Å². The fraction of sp³-hybridized carbons (Fsp3) is 0.421. The molecule has 1 aromatic carbocycles. The lowest BCUT2D eigenvalue weighted by Crippen LogP contribution is -2.06. The first-order valence-corrected chi connectivity index (χ1v) is 10.5. The van der Waals surface area contributed by atoms with Gasteiger partial charge < -0.3 is 11.1 Å². The van der Waals surface area contributed by atoms with Crippen molar-refractivity contribution >= 4 is 29.3 Å². The van der Waals surface area contributed by atoms with Crippen molar-refractivity contribution in [1.29, 1.82) is 0 Å². The maximum Gasteiger partial charge on any atom is 0.232 e. The van der Waals surface area contributed by atoms with Crippen LogP contribution in [0.25, 0.3) is 0 Å². The Balaban J connectivity index is 1.37. The average molecular weight is 397 g/mol. The molecule has 146 valence electrons. The third kappa shape index (κ3) is 4.98. The quantitative estimate of drug-likeness (QED) is 0.518. The van der Waals surface area contributed by atoms with Gasteiger partial charge in [0.05, 0.1) is 5.75 Å². The standard InChI is InChI=1S/C19H24N8S/c1-12-6-8-14(9-7-12)21-18-23-16(22-17(20)25-18)11-28-19-24-15(26-27-19)10-13-4-2-3-5-13/h6-9,13H,2-5,10-11H2,1H3,(H,24,26,27)(H3,20,21,22,23,25). The molecule has 0 unspecified atom stereocenters. The number of hydrogen-bond donors (Lipinski definition) is 3. The van der Waals surface area contributed by atoms with Gasteiger partial charge in [0.15, 0.2) is 0 Å². The third-order valence-electron chi connectivity index (χ3n) is 4.81. The number of nitrogens with two attached hydrogens (primary N) is 1. The lowest BCUT2D eigenvalue weighted by molar-refractivity contribution is 0.531. The molecule has 0 atom stereocenters. The molecule has 0 amide bonds. The van der Waals surface area contributed by atoms with E-state index in [2.05, 4.69) is 35.5 Å². The summed E-state index contributed by atoms with van der Waals surface area (Å²) in [4.78, 5) is 17.4. The number of anilines is 3. The van der Waals surface area contributed by atoms with Crippen molar-refractivity contribution < 1.29 is 0 Å². The molecule has 2 heterocycles. The van der Waals surface area contributed by atoms with Crippen molar-refractivity contribution in [2.45, 2.75) is 49.9 Å². The van der Waals surface area contributed by atoms with Crippen molar-refractivity contribution in [2.75, 3.05) is 11.1 Å². The third-order valence-corrected chi connectivity index (χ3v) is 5.65. The number of aromatic amines is 1. The summed E-state index contributed by atoms with van der Waals surface area (Å²) in [6.45, 7) is 2.04. The van der Waals surface area contributed by atoms with Gasteiger partial charge in [-0.1, -0.05) is 55.1 Å². The maximum absolute atomic E-state index is 5.85. The highest BCUT2D eigenvalue weighted by molar-refractivity contribution is 7.98. The zero-order chi connectivity index (χ0) is 19.3. The Morgan fingerprint density at radius 1 is 1.11 bits per heavy atom. The van der Waals surface area contributed by atoms with Crippen LogP contribution in [0.4, 0.5) is 17.6 Å². The normalized spacial score (nSPS) is 14.5. The predicted molar refractivity (Wildman–Crippen MR) is 110 cm³/mol. The van der Waals surface area contributed by atoms with E-state index in [4.69, 9.17) is 5.73 Å². The van der Waals surface area contributed by atoms with Gasteiger partial charge in [-0.3, -0.25) is 5.10 Å². The smallest absolute Gasteiger partial charge is 0.232 e. The molecule has 8 nitrogen and oxygen atoms in total. The Hall–Kier alpha value is -2.68. The van der Waals surface area contributed by atoms with Gasteiger partial charge in [-0.05, 0) is 25.0 Å². The minimum absolute atomic E-state index is 0.192. The van der Waals surface area contributed by atoms with E-state index < -0.39 is 0 Å². The van der Waals surface area contributed by atoms with Gasteiger partial charge in [-0.15, -0.1) is 5.10 Å². The molecule has 1 saturated carbocycles. The highest BCUT2D eigenvalue weighted by Crippen LogP contribution is 2.27. The second-order valence-corrected chi connectivity index (χ2v) is 8.07. The Kier molecular flexibility index (Phi) is 5.70. The zero-order valence-electron chi connectivity index (χ0n) is 15.9. The molecule has 0 radical (unpaired) electrons. The molecule has 0 saturated heterocycles. The molecular formula is C19H24N8S. The molecule has 2 aromatic heterocycles. The summed E-state index contributed by atoms with van der Waals surface area (Å²) in [7, 11) is 0. The number of thioether (sulfide) groups is 1. The van der Waals surface area contributed by atoms with E-state index in [9.17, 15) is 0 Å². The molecular weight excluding hydrogens is 372 g/mol. The fourth-order valence-electron chi connectivity index (χ4n) is 3.38. The predicted octanol–water partition coefficient (Wildman–Crippen LogP) is 3.65. The van der Waals surface area contributed by atoms with Crippen LogP contribution in [0, 0.1) is 12.8 Å². The van der Waals surface area contributed by atoms with Gasteiger partial charge in [0.25, 0.3) is 0 Å². The van der Waals surface area contributed by atoms with E-state index in [1.807, 2.05) is 31.2 Å². The van der Waals surface area contributed by atoms with Crippen molar-refractivity contribution in [2.24, 2.45) is 5.92 Å². The molecule has 0 bridgehead atoms. The Morgan fingerprint density at radius 3 is 2.68 bits per heavy atom. The second kappa shape index (κ2) is 8.55. The fourth-order valence-corrected chi connectivity index (χ4v) is 4.05. The number of rotatable bonds is 7. The average Bonchev–Trinajstić information content (AvgIpc) is 3.34. The summed E-state index contributed by atoms with van der Waals surface area (Å²) < 4.78 is 0. The summed E-state index contributed by atoms with van der Waals surface area (Å²) in [6.07, 6.45) is 6.24. The number of nitrogens with zero attached hydrogens (tertiary/aromatic N) is 5. The number of H-pyrrole nitrogens is 1. The lowest BCUT2D eigenvalue weighted by atomic mass is 10.0. The van der Waals surface area contributed by atoms with Crippen LogP contribution in [0.5, 0.6) is 0 Å². The monoisotopic (exact) mass is 396 g/mol. The van der Waals surface area contributed by atoms with Gasteiger partial charge in [0.2, 0.25) is 17.1 Å². The Morgan fingerprint density at radius 2 is 1.89 bits per heavy atom. The van der Waals surface area contributed by atoms with Crippen LogP contribution < -0.4 is 11.1 Å². The summed E-state index contributed by atoms with van der Waals surface area (Å²) in [5.41, 5.74) is 7.95. The van der Waals surface area contributed by atoms with E-state index >= 15 is 0 Å². The first kappa shape index (κ1) is 18.7. The Labute approximate surface area is 168 Å². The van der Waals surface area contributed by atoms with E-state index in [1.54, 1.807) is 0 Å². The van der Waals surface area contributed by atoms with Crippen LogP contribution in [0.3, 0.4) is 0 Å². The number of hydrogen-bond acceptors (Lipinski definition) is 8. The van der Waals surface area contributed by atoms with Crippen molar-refractivity contribution in [3.05, 3.63) is 41.5 Å². The Bertz CT molecular complexity index is 918. The number of aryl methyl sites for hydroxylation is 1. The first-order valence-electron chi connectivity index (χ1n) is 9.52. The number of benzene rings is 1. The topological polar surface area (TPSA) is 118 Å². The van der Waals surface area contributed by atoms with Gasteiger partial charge >= 0.3 is 0 Å². The van der Waals surface area contributed by atoms with Crippen molar-refractivity contribution in [1.82, 2.24) is 30.1 Å². The highest BCUT2D eigenvalue weighted by Gasteiger charge is 2.17. The van der Waals surface area contributed by atoms with Gasteiger partial charge in [-0.25, -0.2) is 4.98 Å². The molecule has 3 aromatic rings. The highest BCUT2D eigenvalue weighted by atomic mass is 32.2. The van der Waals surface area contributed by atoms with Crippen molar-refractivity contribution in [3.8, 4) is 0 Å². The zero-order valence-corrected chi connectivity index (χ0v) is 16.7. The van der Waals surface area contributed by atoms with Crippen molar-refractivity contribution in [3.63, 3.8) is 0 Å². The molecule has 28 heavy (non-hydrogen) atoms. The van der Waals surface area contributed by atoms with Gasteiger partial charge in [-0.2, -0.15) is 15.0 Å². The van der Waals surface area contributed by atoms with Gasteiger partial charge in [0.1, 0.15) is 11.6 Å².